The van der Waals surface area contributed by atoms with Crippen LogP contribution in [0.3, 0.4) is 0 Å². The fourth-order valence-corrected chi connectivity index (χ4v) is 4.01. The summed E-state index contributed by atoms with van der Waals surface area (Å²) in [5.41, 5.74) is 6.27. The highest BCUT2D eigenvalue weighted by molar-refractivity contribution is 5.76. The summed E-state index contributed by atoms with van der Waals surface area (Å²) in [6.07, 6.45) is 3.91. The lowest BCUT2D eigenvalue weighted by atomic mass is 9.99. The van der Waals surface area contributed by atoms with E-state index in [1.54, 1.807) is 0 Å². The minimum atomic E-state index is 0.0292. The van der Waals surface area contributed by atoms with Gasteiger partial charge in [-0.05, 0) is 80.3 Å². The Kier molecular flexibility index (Phi) is 6.77. The van der Waals surface area contributed by atoms with Crippen molar-refractivity contribution in [3.8, 4) is 0 Å². The number of rotatable bonds is 6. The summed E-state index contributed by atoms with van der Waals surface area (Å²) >= 11 is 0. The van der Waals surface area contributed by atoms with Gasteiger partial charge in [-0.2, -0.15) is 0 Å². The number of nitrogens with zero attached hydrogens (tertiary/aromatic N) is 1. The zero-order chi connectivity index (χ0) is 20.1. The van der Waals surface area contributed by atoms with Gasteiger partial charge in [0.15, 0.2) is 0 Å². The molecule has 1 fully saturated rings. The molecule has 150 valence electrons. The number of anilines is 1. The Morgan fingerprint density at radius 3 is 2.57 bits per heavy atom. The van der Waals surface area contributed by atoms with E-state index >= 15 is 0 Å². The average molecular weight is 379 g/mol. The van der Waals surface area contributed by atoms with Crippen molar-refractivity contribution >= 4 is 11.6 Å². The number of amides is 1. The molecule has 1 N–H and O–H groups in total. The summed E-state index contributed by atoms with van der Waals surface area (Å²) in [6.45, 7) is 10.9. The Labute approximate surface area is 170 Å². The summed E-state index contributed by atoms with van der Waals surface area (Å²) in [7, 11) is 0. The van der Waals surface area contributed by atoms with E-state index in [1.165, 1.54) is 35.2 Å². The monoisotopic (exact) mass is 378 g/mol. The second-order valence-corrected chi connectivity index (χ2v) is 8.49. The Balaban J connectivity index is 1.51. The molecule has 3 rings (SSSR count). The number of hydrogen-bond donors (Lipinski definition) is 1. The molecule has 0 bridgehead atoms. The number of nitrogens with one attached hydrogen (secondary N) is 1. The molecule has 3 nitrogen and oxygen atoms in total. The number of hydrogen-bond acceptors (Lipinski definition) is 2. The maximum Gasteiger partial charge on any atom is 0.220 e. The van der Waals surface area contributed by atoms with E-state index in [0.29, 0.717) is 6.42 Å². The van der Waals surface area contributed by atoms with Gasteiger partial charge in [0.05, 0.1) is 6.04 Å². The van der Waals surface area contributed by atoms with Gasteiger partial charge in [-0.3, -0.25) is 4.79 Å². The first kappa shape index (κ1) is 20.4. The third kappa shape index (κ3) is 5.37. The van der Waals surface area contributed by atoms with E-state index in [-0.39, 0.29) is 11.9 Å². The molecule has 1 heterocycles. The normalized spacial score (nSPS) is 18.0. The number of benzene rings is 2. The molecule has 1 saturated heterocycles. The van der Waals surface area contributed by atoms with Gasteiger partial charge in [-0.15, -0.1) is 0 Å². The number of aryl methyl sites for hydroxylation is 3. The average Bonchev–Trinajstić information content (AvgIpc) is 2.69. The highest BCUT2D eigenvalue weighted by Gasteiger charge is 2.17. The summed E-state index contributed by atoms with van der Waals surface area (Å²) in [6, 6.07) is 15.2. The minimum Gasteiger partial charge on any atom is -0.371 e. The SMILES string of the molecule is Cc1ccc(CCC(=O)N[C@@H](C)c2ccc(N3CCC[C@H](C)C3)cc2)cc1C. The van der Waals surface area contributed by atoms with E-state index in [2.05, 4.69) is 80.4 Å². The molecule has 0 saturated carbocycles. The van der Waals surface area contributed by atoms with Crippen LogP contribution in [0.2, 0.25) is 0 Å². The Bertz CT molecular complexity index is 797. The lowest BCUT2D eigenvalue weighted by molar-refractivity contribution is -0.121. The van der Waals surface area contributed by atoms with Crippen molar-refractivity contribution in [1.29, 1.82) is 0 Å². The summed E-state index contributed by atoms with van der Waals surface area (Å²) < 4.78 is 0. The topological polar surface area (TPSA) is 32.3 Å². The summed E-state index contributed by atoms with van der Waals surface area (Å²) in [5, 5.41) is 3.15. The molecule has 0 aromatic heterocycles. The lowest BCUT2D eigenvalue weighted by Gasteiger charge is -2.33. The maximum absolute atomic E-state index is 12.4. The summed E-state index contributed by atoms with van der Waals surface area (Å²) in [5.74, 6) is 0.878. The van der Waals surface area contributed by atoms with Crippen molar-refractivity contribution in [2.45, 2.75) is 59.4 Å². The van der Waals surface area contributed by atoms with Crippen molar-refractivity contribution in [2.75, 3.05) is 18.0 Å². The van der Waals surface area contributed by atoms with Crippen molar-refractivity contribution < 1.29 is 4.79 Å². The zero-order valence-electron chi connectivity index (χ0n) is 17.8. The van der Waals surface area contributed by atoms with Crippen LogP contribution in [-0.4, -0.2) is 19.0 Å². The Morgan fingerprint density at radius 2 is 1.89 bits per heavy atom. The first-order valence-corrected chi connectivity index (χ1v) is 10.6. The second kappa shape index (κ2) is 9.27. The van der Waals surface area contributed by atoms with E-state index < -0.39 is 0 Å². The number of carbonyl (C=O) groups is 1. The highest BCUT2D eigenvalue weighted by atomic mass is 16.1. The first-order valence-electron chi connectivity index (χ1n) is 10.6. The van der Waals surface area contributed by atoms with E-state index in [4.69, 9.17) is 0 Å². The van der Waals surface area contributed by atoms with Crippen LogP contribution in [0, 0.1) is 19.8 Å². The molecule has 0 unspecified atom stereocenters. The molecular weight excluding hydrogens is 344 g/mol. The number of carbonyl (C=O) groups excluding carboxylic acids is 1. The molecule has 2 aromatic rings. The van der Waals surface area contributed by atoms with Crippen LogP contribution in [0.4, 0.5) is 5.69 Å². The largest absolute Gasteiger partial charge is 0.371 e. The molecule has 0 spiro atoms. The molecule has 0 radical (unpaired) electrons. The molecule has 1 aliphatic heterocycles. The van der Waals surface area contributed by atoms with Crippen LogP contribution in [-0.2, 0) is 11.2 Å². The molecule has 3 heteroatoms. The lowest BCUT2D eigenvalue weighted by Crippen LogP contribution is -2.34. The third-order valence-electron chi connectivity index (χ3n) is 6.00. The molecule has 1 amide bonds. The smallest absolute Gasteiger partial charge is 0.220 e. The Hall–Kier alpha value is -2.29. The standard InChI is InChI=1S/C25H34N2O/c1-18-6-5-15-27(17-18)24-12-10-23(11-13-24)21(4)26-25(28)14-9-22-8-7-19(2)20(3)16-22/h7-8,10-13,16,18,21H,5-6,9,14-15,17H2,1-4H3,(H,26,28)/t18-,21-/m0/s1. The van der Waals surface area contributed by atoms with Crippen LogP contribution in [0.25, 0.3) is 0 Å². The van der Waals surface area contributed by atoms with Gasteiger partial charge in [0.25, 0.3) is 0 Å². The predicted octanol–water partition coefficient (Wildman–Crippen LogP) is 5.35. The molecule has 1 aliphatic rings. The quantitative estimate of drug-likeness (QED) is 0.735. The molecule has 28 heavy (non-hydrogen) atoms. The minimum absolute atomic E-state index is 0.0292. The van der Waals surface area contributed by atoms with Gasteiger partial charge >= 0.3 is 0 Å². The van der Waals surface area contributed by atoms with Crippen LogP contribution in [0.5, 0.6) is 0 Å². The van der Waals surface area contributed by atoms with Gasteiger partial charge < -0.3 is 10.2 Å². The number of piperidine rings is 1. The van der Waals surface area contributed by atoms with Crippen molar-refractivity contribution in [1.82, 2.24) is 5.32 Å². The van der Waals surface area contributed by atoms with Crippen LogP contribution in [0.1, 0.15) is 61.4 Å². The summed E-state index contributed by atoms with van der Waals surface area (Å²) in [4.78, 5) is 14.9. The van der Waals surface area contributed by atoms with Gasteiger partial charge in [0.2, 0.25) is 5.91 Å². The van der Waals surface area contributed by atoms with Crippen molar-refractivity contribution in [2.24, 2.45) is 5.92 Å². The molecule has 0 aliphatic carbocycles. The third-order valence-corrected chi connectivity index (χ3v) is 6.00. The van der Waals surface area contributed by atoms with Crippen molar-refractivity contribution in [3.05, 3.63) is 64.7 Å². The molecule has 2 aromatic carbocycles. The van der Waals surface area contributed by atoms with Crippen molar-refractivity contribution in [3.63, 3.8) is 0 Å². The van der Waals surface area contributed by atoms with Gasteiger partial charge in [-0.25, -0.2) is 0 Å². The van der Waals surface area contributed by atoms with Gasteiger partial charge in [0.1, 0.15) is 0 Å². The molecule has 2 atom stereocenters. The molecular formula is C25H34N2O. The first-order chi connectivity index (χ1) is 13.4. The van der Waals surface area contributed by atoms with Crippen LogP contribution < -0.4 is 10.2 Å². The van der Waals surface area contributed by atoms with Crippen LogP contribution in [0.15, 0.2) is 42.5 Å². The van der Waals surface area contributed by atoms with Gasteiger partial charge in [-0.1, -0.05) is 37.3 Å². The second-order valence-electron chi connectivity index (χ2n) is 8.49. The highest BCUT2D eigenvalue weighted by Crippen LogP contribution is 2.24. The van der Waals surface area contributed by atoms with E-state index in [0.717, 1.165) is 31.0 Å². The fourth-order valence-electron chi connectivity index (χ4n) is 4.01. The van der Waals surface area contributed by atoms with E-state index in [9.17, 15) is 4.79 Å². The van der Waals surface area contributed by atoms with Gasteiger partial charge in [0, 0.05) is 25.2 Å². The maximum atomic E-state index is 12.4. The van der Waals surface area contributed by atoms with Crippen LogP contribution >= 0.6 is 0 Å². The van der Waals surface area contributed by atoms with E-state index in [1.807, 2.05) is 0 Å². The Morgan fingerprint density at radius 1 is 1.14 bits per heavy atom. The fraction of sp³-hybridized carbons (Fsp3) is 0.480. The zero-order valence-corrected chi connectivity index (χ0v) is 17.8. The predicted molar refractivity (Wildman–Crippen MR) is 118 cm³/mol.